The van der Waals surface area contributed by atoms with E-state index in [0.29, 0.717) is 0 Å². The topological polar surface area (TPSA) is 42.7 Å². The van der Waals surface area contributed by atoms with E-state index in [-0.39, 0.29) is 6.04 Å². The molecule has 1 aromatic carbocycles. The fourth-order valence-corrected chi connectivity index (χ4v) is 3.13. The van der Waals surface area contributed by atoms with Crippen molar-refractivity contribution in [1.82, 2.24) is 20.1 Å². The molecule has 0 amide bonds. The number of nitrogens with zero attached hydrogens (tertiary/aromatic N) is 3. The molecule has 0 radical (unpaired) electrons. The van der Waals surface area contributed by atoms with E-state index < -0.39 is 0 Å². The number of likely N-dealkylation sites (N-methyl/N-ethyl adjacent to an activating group) is 1. The summed E-state index contributed by atoms with van der Waals surface area (Å²) in [4.78, 5) is 4.35. The van der Waals surface area contributed by atoms with Crippen molar-refractivity contribution in [3.05, 3.63) is 44.0 Å². The first kappa shape index (κ1) is 14.9. The van der Waals surface area contributed by atoms with Gasteiger partial charge in [-0.25, -0.2) is 4.98 Å². The zero-order chi connectivity index (χ0) is 13.8. The molecule has 19 heavy (non-hydrogen) atoms. The standard InChI is InChI=1S/C13H16BrIN4/c1-3-19-13(17-8-18-19)7-12(16-2)10-6-9(14)4-5-11(10)15/h4-6,8,12,16H,3,7H2,1-2H3. The molecule has 2 aromatic rings. The van der Waals surface area contributed by atoms with Crippen LogP contribution in [-0.2, 0) is 13.0 Å². The first-order valence-corrected chi connectivity index (χ1v) is 8.01. The highest BCUT2D eigenvalue weighted by Gasteiger charge is 2.16. The Hall–Kier alpha value is -0.470. The maximum absolute atomic E-state index is 4.35. The lowest BCUT2D eigenvalue weighted by molar-refractivity contribution is 0.532. The summed E-state index contributed by atoms with van der Waals surface area (Å²) in [6, 6.07) is 6.58. The second-order valence-electron chi connectivity index (χ2n) is 4.20. The Labute approximate surface area is 135 Å². The van der Waals surface area contributed by atoms with Gasteiger partial charge in [0.1, 0.15) is 12.2 Å². The number of halogens is 2. The third kappa shape index (κ3) is 3.55. The van der Waals surface area contributed by atoms with Crippen LogP contribution in [0.15, 0.2) is 29.0 Å². The predicted octanol–water partition coefficient (Wildman–Crippen LogP) is 3.17. The van der Waals surface area contributed by atoms with Crippen molar-refractivity contribution in [3.63, 3.8) is 0 Å². The Kier molecular flexibility index (Phi) is 5.35. The minimum atomic E-state index is 0.235. The van der Waals surface area contributed by atoms with Gasteiger partial charge in [-0.2, -0.15) is 5.10 Å². The van der Waals surface area contributed by atoms with E-state index in [9.17, 15) is 0 Å². The number of benzene rings is 1. The molecule has 0 aliphatic rings. The van der Waals surface area contributed by atoms with Gasteiger partial charge in [-0.15, -0.1) is 0 Å². The number of aromatic nitrogens is 3. The zero-order valence-corrected chi connectivity index (χ0v) is 14.6. The molecule has 0 aliphatic carbocycles. The Morgan fingerprint density at radius 2 is 2.26 bits per heavy atom. The Balaban J connectivity index is 2.27. The van der Waals surface area contributed by atoms with Gasteiger partial charge >= 0.3 is 0 Å². The van der Waals surface area contributed by atoms with Crippen molar-refractivity contribution >= 4 is 38.5 Å². The number of hydrogen-bond acceptors (Lipinski definition) is 3. The van der Waals surface area contributed by atoms with Crippen LogP contribution in [0.3, 0.4) is 0 Å². The molecule has 0 saturated carbocycles. The van der Waals surface area contributed by atoms with Crippen LogP contribution < -0.4 is 5.32 Å². The smallest absolute Gasteiger partial charge is 0.138 e. The van der Waals surface area contributed by atoms with Crippen LogP contribution in [0.1, 0.15) is 24.4 Å². The molecular formula is C13H16BrIN4. The number of nitrogens with one attached hydrogen (secondary N) is 1. The van der Waals surface area contributed by atoms with Crippen molar-refractivity contribution in [1.29, 1.82) is 0 Å². The summed E-state index contributed by atoms with van der Waals surface area (Å²) in [5.41, 5.74) is 1.28. The Morgan fingerprint density at radius 3 is 2.95 bits per heavy atom. The van der Waals surface area contributed by atoms with E-state index in [1.165, 1.54) is 9.13 Å². The van der Waals surface area contributed by atoms with Crippen LogP contribution in [0, 0.1) is 3.57 Å². The summed E-state index contributed by atoms with van der Waals surface area (Å²) in [5.74, 6) is 1.01. The van der Waals surface area contributed by atoms with Gasteiger partial charge in [0.15, 0.2) is 0 Å². The minimum Gasteiger partial charge on any atom is -0.313 e. The fourth-order valence-electron chi connectivity index (χ4n) is 2.04. The average molecular weight is 435 g/mol. The van der Waals surface area contributed by atoms with E-state index in [4.69, 9.17) is 0 Å². The molecule has 1 atom stereocenters. The quantitative estimate of drug-likeness (QED) is 0.735. The van der Waals surface area contributed by atoms with Crippen molar-refractivity contribution in [3.8, 4) is 0 Å². The SMILES string of the molecule is CCn1ncnc1CC(NC)c1cc(Br)ccc1I. The maximum Gasteiger partial charge on any atom is 0.138 e. The van der Waals surface area contributed by atoms with E-state index in [2.05, 4.69) is 79.0 Å². The van der Waals surface area contributed by atoms with Gasteiger partial charge in [-0.05, 0) is 60.3 Å². The van der Waals surface area contributed by atoms with Crippen molar-refractivity contribution in [2.24, 2.45) is 0 Å². The highest BCUT2D eigenvalue weighted by Crippen LogP contribution is 2.26. The summed E-state index contributed by atoms with van der Waals surface area (Å²) in [7, 11) is 1.98. The molecular weight excluding hydrogens is 419 g/mol. The molecule has 102 valence electrons. The minimum absolute atomic E-state index is 0.235. The maximum atomic E-state index is 4.35. The first-order chi connectivity index (χ1) is 9.15. The van der Waals surface area contributed by atoms with Gasteiger partial charge in [0.2, 0.25) is 0 Å². The molecule has 1 unspecified atom stereocenters. The van der Waals surface area contributed by atoms with Gasteiger partial charge in [0.25, 0.3) is 0 Å². The van der Waals surface area contributed by atoms with Gasteiger partial charge in [-0.1, -0.05) is 15.9 Å². The van der Waals surface area contributed by atoms with Crippen molar-refractivity contribution in [2.75, 3.05) is 7.05 Å². The zero-order valence-electron chi connectivity index (χ0n) is 10.9. The fraction of sp³-hybridized carbons (Fsp3) is 0.385. The van der Waals surface area contributed by atoms with Gasteiger partial charge in [-0.3, -0.25) is 4.68 Å². The Bertz CT molecular complexity index is 555. The Morgan fingerprint density at radius 1 is 1.47 bits per heavy atom. The lowest BCUT2D eigenvalue weighted by Crippen LogP contribution is -2.22. The molecule has 1 aromatic heterocycles. The number of aryl methyl sites for hydroxylation is 1. The lowest BCUT2D eigenvalue weighted by Gasteiger charge is -2.18. The third-order valence-electron chi connectivity index (χ3n) is 3.06. The molecule has 2 rings (SSSR count). The largest absolute Gasteiger partial charge is 0.313 e. The highest BCUT2D eigenvalue weighted by molar-refractivity contribution is 14.1. The lowest BCUT2D eigenvalue weighted by atomic mass is 10.0. The van der Waals surface area contributed by atoms with Crippen LogP contribution in [0.2, 0.25) is 0 Å². The molecule has 0 bridgehead atoms. The van der Waals surface area contributed by atoms with Crippen molar-refractivity contribution in [2.45, 2.75) is 25.9 Å². The van der Waals surface area contributed by atoms with Gasteiger partial charge in [0.05, 0.1) is 0 Å². The predicted molar refractivity (Wildman–Crippen MR) is 88.1 cm³/mol. The molecule has 4 nitrogen and oxygen atoms in total. The highest BCUT2D eigenvalue weighted by atomic mass is 127. The van der Waals surface area contributed by atoms with Gasteiger partial charge < -0.3 is 5.32 Å². The van der Waals surface area contributed by atoms with Crippen LogP contribution in [0.25, 0.3) is 0 Å². The van der Waals surface area contributed by atoms with E-state index in [1.807, 2.05) is 11.7 Å². The monoisotopic (exact) mass is 434 g/mol. The summed E-state index contributed by atoms with van der Waals surface area (Å²) in [6.07, 6.45) is 2.45. The molecule has 1 heterocycles. The normalized spacial score (nSPS) is 12.6. The average Bonchev–Trinajstić information content (AvgIpc) is 2.86. The van der Waals surface area contributed by atoms with Crippen LogP contribution in [-0.4, -0.2) is 21.8 Å². The molecule has 0 saturated heterocycles. The molecule has 0 aliphatic heterocycles. The molecule has 6 heteroatoms. The van der Waals surface area contributed by atoms with E-state index in [0.717, 1.165) is 23.3 Å². The molecule has 0 fully saturated rings. The summed E-state index contributed by atoms with van der Waals surface area (Å²) >= 11 is 5.91. The summed E-state index contributed by atoms with van der Waals surface area (Å²) in [5, 5.41) is 7.59. The molecule has 1 N–H and O–H groups in total. The van der Waals surface area contributed by atoms with Crippen LogP contribution >= 0.6 is 38.5 Å². The number of hydrogen-bond donors (Lipinski definition) is 1. The first-order valence-electron chi connectivity index (χ1n) is 6.14. The van der Waals surface area contributed by atoms with Crippen LogP contribution in [0.5, 0.6) is 0 Å². The third-order valence-corrected chi connectivity index (χ3v) is 4.54. The van der Waals surface area contributed by atoms with E-state index in [1.54, 1.807) is 6.33 Å². The summed E-state index contributed by atoms with van der Waals surface area (Å²) < 4.78 is 4.29. The molecule has 0 spiro atoms. The van der Waals surface area contributed by atoms with Crippen LogP contribution in [0.4, 0.5) is 0 Å². The second kappa shape index (κ2) is 6.81. The second-order valence-corrected chi connectivity index (χ2v) is 6.28. The van der Waals surface area contributed by atoms with Crippen molar-refractivity contribution < 1.29 is 0 Å². The number of rotatable bonds is 5. The van der Waals surface area contributed by atoms with E-state index >= 15 is 0 Å². The summed E-state index contributed by atoms with van der Waals surface area (Å²) in [6.45, 7) is 2.93. The van der Waals surface area contributed by atoms with Gasteiger partial charge in [0, 0.05) is 27.1 Å².